The van der Waals surface area contributed by atoms with Crippen LogP contribution in [0.3, 0.4) is 0 Å². The van der Waals surface area contributed by atoms with Gasteiger partial charge in [-0.15, -0.1) is 24.0 Å². The van der Waals surface area contributed by atoms with Gasteiger partial charge in [-0.2, -0.15) is 0 Å². The molecular formula is C17H31IN4O. The summed E-state index contributed by atoms with van der Waals surface area (Å²) < 4.78 is 5.07. The summed E-state index contributed by atoms with van der Waals surface area (Å²) >= 11 is 0. The maximum absolute atomic E-state index is 5.07. The third-order valence-corrected chi connectivity index (χ3v) is 3.46. The average molecular weight is 434 g/mol. The number of benzene rings is 1. The smallest absolute Gasteiger partial charge is 0.190 e. The number of guanidine groups is 1. The van der Waals surface area contributed by atoms with Crippen molar-refractivity contribution in [3.8, 4) is 0 Å². The Labute approximate surface area is 157 Å². The van der Waals surface area contributed by atoms with Crippen LogP contribution in [0.5, 0.6) is 0 Å². The summed E-state index contributed by atoms with van der Waals surface area (Å²) in [6.07, 6.45) is 2.08. The van der Waals surface area contributed by atoms with Crippen molar-refractivity contribution in [1.82, 2.24) is 15.5 Å². The lowest BCUT2D eigenvalue weighted by molar-refractivity contribution is 0.161. The Hall–Kier alpha value is -0.860. The first-order valence-corrected chi connectivity index (χ1v) is 7.92. The fourth-order valence-corrected chi connectivity index (χ4v) is 2.11. The van der Waals surface area contributed by atoms with Crippen LogP contribution in [-0.2, 0) is 11.2 Å². The van der Waals surface area contributed by atoms with E-state index >= 15 is 0 Å². The van der Waals surface area contributed by atoms with Gasteiger partial charge in [0.15, 0.2) is 5.96 Å². The average Bonchev–Trinajstić information content (AvgIpc) is 2.56. The van der Waals surface area contributed by atoms with Crippen LogP contribution in [0.25, 0.3) is 0 Å². The van der Waals surface area contributed by atoms with E-state index in [2.05, 4.69) is 51.8 Å². The first-order chi connectivity index (χ1) is 10.8. The van der Waals surface area contributed by atoms with Crippen molar-refractivity contribution < 1.29 is 4.74 Å². The van der Waals surface area contributed by atoms with E-state index in [0.29, 0.717) is 0 Å². The van der Waals surface area contributed by atoms with Gasteiger partial charge in [0.1, 0.15) is 0 Å². The summed E-state index contributed by atoms with van der Waals surface area (Å²) in [4.78, 5) is 6.52. The van der Waals surface area contributed by atoms with E-state index in [1.165, 1.54) is 5.56 Å². The molecule has 0 aliphatic rings. The summed E-state index contributed by atoms with van der Waals surface area (Å²) in [5.41, 5.74) is 1.34. The second kappa shape index (κ2) is 14.7. The SMILES string of the molecule is CN=C(NCCCN(C)CCOC)NCCc1ccccc1.I. The Morgan fingerprint density at radius 3 is 2.48 bits per heavy atom. The minimum absolute atomic E-state index is 0. The number of nitrogens with one attached hydrogen (secondary N) is 2. The predicted octanol–water partition coefficient (Wildman–Crippen LogP) is 1.98. The van der Waals surface area contributed by atoms with Gasteiger partial charge in [-0.25, -0.2) is 0 Å². The molecule has 2 N–H and O–H groups in total. The third-order valence-electron chi connectivity index (χ3n) is 3.46. The topological polar surface area (TPSA) is 48.9 Å². The number of aliphatic imine (C=N–C) groups is 1. The lowest BCUT2D eigenvalue weighted by Crippen LogP contribution is -2.39. The van der Waals surface area contributed by atoms with Gasteiger partial charge >= 0.3 is 0 Å². The molecule has 0 saturated heterocycles. The largest absolute Gasteiger partial charge is 0.383 e. The monoisotopic (exact) mass is 434 g/mol. The molecule has 1 aromatic carbocycles. The molecule has 0 unspecified atom stereocenters. The van der Waals surface area contributed by atoms with Gasteiger partial charge < -0.3 is 20.3 Å². The number of nitrogens with zero attached hydrogens (tertiary/aromatic N) is 2. The number of rotatable bonds is 10. The molecule has 0 aliphatic heterocycles. The van der Waals surface area contributed by atoms with E-state index in [4.69, 9.17) is 4.74 Å². The number of ether oxygens (including phenoxy) is 1. The minimum atomic E-state index is 0. The third kappa shape index (κ3) is 11.3. The highest BCUT2D eigenvalue weighted by atomic mass is 127. The maximum atomic E-state index is 5.07. The number of hydrogen-bond acceptors (Lipinski definition) is 3. The van der Waals surface area contributed by atoms with Crippen LogP contribution in [-0.4, -0.2) is 64.9 Å². The standard InChI is InChI=1S/C17H30N4O.HI/c1-18-17(19-11-7-13-21(2)14-15-22-3)20-12-10-16-8-5-4-6-9-16;/h4-6,8-9H,7,10-15H2,1-3H3,(H2,18,19,20);1H. The Balaban J connectivity index is 0.00000484. The van der Waals surface area contributed by atoms with Crippen LogP contribution in [0.4, 0.5) is 0 Å². The number of methoxy groups -OCH3 is 1. The molecule has 132 valence electrons. The second-order valence-electron chi connectivity index (χ2n) is 5.31. The van der Waals surface area contributed by atoms with Gasteiger partial charge in [0, 0.05) is 33.8 Å². The lowest BCUT2D eigenvalue weighted by atomic mass is 10.1. The second-order valence-corrected chi connectivity index (χ2v) is 5.31. The summed E-state index contributed by atoms with van der Waals surface area (Å²) in [6, 6.07) is 10.5. The molecule has 1 rings (SSSR count). The molecule has 0 aromatic heterocycles. The molecule has 0 fully saturated rings. The van der Waals surface area contributed by atoms with E-state index in [1.807, 2.05) is 13.1 Å². The molecule has 0 radical (unpaired) electrons. The Morgan fingerprint density at radius 2 is 1.83 bits per heavy atom. The van der Waals surface area contributed by atoms with Gasteiger partial charge in [0.05, 0.1) is 6.61 Å². The molecule has 0 aliphatic carbocycles. The van der Waals surface area contributed by atoms with E-state index in [9.17, 15) is 0 Å². The van der Waals surface area contributed by atoms with Crippen molar-refractivity contribution in [3.05, 3.63) is 35.9 Å². The van der Waals surface area contributed by atoms with Crippen molar-refractivity contribution in [3.63, 3.8) is 0 Å². The summed E-state index contributed by atoms with van der Waals surface area (Å²) in [6.45, 7) is 4.62. The number of hydrogen-bond donors (Lipinski definition) is 2. The fraction of sp³-hybridized carbons (Fsp3) is 0.588. The zero-order valence-corrected chi connectivity index (χ0v) is 16.9. The molecule has 0 amide bonds. The first-order valence-electron chi connectivity index (χ1n) is 7.92. The van der Waals surface area contributed by atoms with Crippen molar-refractivity contribution in [1.29, 1.82) is 0 Å². The quantitative estimate of drug-likeness (QED) is 0.256. The predicted molar refractivity (Wildman–Crippen MR) is 109 cm³/mol. The molecule has 1 aromatic rings. The molecule has 6 heteroatoms. The normalized spacial score (nSPS) is 11.2. The summed E-state index contributed by atoms with van der Waals surface area (Å²) in [5, 5.41) is 6.69. The van der Waals surface area contributed by atoms with Crippen molar-refractivity contribution in [2.24, 2.45) is 4.99 Å². The zero-order chi connectivity index (χ0) is 16.0. The molecule has 23 heavy (non-hydrogen) atoms. The van der Waals surface area contributed by atoms with Gasteiger partial charge in [-0.05, 0) is 32.0 Å². The molecular weight excluding hydrogens is 403 g/mol. The minimum Gasteiger partial charge on any atom is -0.383 e. The molecule has 0 saturated carbocycles. The number of likely N-dealkylation sites (N-methyl/N-ethyl adjacent to an activating group) is 1. The Bertz CT molecular complexity index is 414. The van der Waals surface area contributed by atoms with Gasteiger partial charge in [0.25, 0.3) is 0 Å². The van der Waals surface area contributed by atoms with Crippen molar-refractivity contribution >= 4 is 29.9 Å². The Kier molecular flexibility index (Phi) is 14.2. The Morgan fingerprint density at radius 1 is 1.13 bits per heavy atom. The zero-order valence-electron chi connectivity index (χ0n) is 14.5. The lowest BCUT2D eigenvalue weighted by Gasteiger charge is -2.17. The van der Waals surface area contributed by atoms with Gasteiger partial charge in [-0.3, -0.25) is 4.99 Å². The van der Waals surface area contributed by atoms with E-state index in [0.717, 1.165) is 51.6 Å². The van der Waals surface area contributed by atoms with E-state index < -0.39 is 0 Å². The maximum Gasteiger partial charge on any atom is 0.190 e. The molecule has 0 heterocycles. The highest BCUT2D eigenvalue weighted by molar-refractivity contribution is 14.0. The van der Waals surface area contributed by atoms with Crippen molar-refractivity contribution in [2.45, 2.75) is 12.8 Å². The van der Waals surface area contributed by atoms with Crippen LogP contribution in [0, 0.1) is 0 Å². The molecule has 0 spiro atoms. The van der Waals surface area contributed by atoms with E-state index in [-0.39, 0.29) is 24.0 Å². The van der Waals surface area contributed by atoms with Gasteiger partial charge in [-0.1, -0.05) is 30.3 Å². The highest BCUT2D eigenvalue weighted by Gasteiger charge is 2.00. The first kappa shape index (κ1) is 22.1. The van der Waals surface area contributed by atoms with Crippen LogP contribution >= 0.6 is 24.0 Å². The van der Waals surface area contributed by atoms with Crippen LogP contribution in [0.2, 0.25) is 0 Å². The van der Waals surface area contributed by atoms with Crippen LogP contribution in [0.1, 0.15) is 12.0 Å². The summed E-state index contributed by atoms with van der Waals surface area (Å²) in [7, 11) is 5.66. The molecule has 5 nitrogen and oxygen atoms in total. The highest BCUT2D eigenvalue weighted by Crippen LogP contribution is 1.97. The van der Waals surface area contributed by atoms with Crippen LogP contribution in [0.15, 0.2) is 35.3 Å². The van der Waals surface area contributed by atoms with E-state index in [1.54, 1.807) is 7.11 Å². The summed E-state index contributed by atoms with van der Waals surface area (Å²) in [5.74, 6) is 0.871. The van der Waals surface area contributed by atoms with Gasteiger partial charge in [0.2, 0.25) is 0 Å². The number of halogens is 1. The van der Waals surface area contributed by atoms with Crippen LogP contribution < -0.4 is 10.6 Å². The molecule has 0 atom stereocenters. The fourth-order valence-electron chi connectivity index (χ4n) is 2.11. The molecule has 0 bridgehead atoms. The van der Waals surface area contributed by atoms with Crippen molar-refractivity contribution in [2.75, 3.05) is 54.0 Å².